The van der Waals surface area contributed by atoms with Gasteiger partial charge in [0.1, 0.15) is 0 Å². The molecule has 0 saturated heterocycles. The van der Waals surface area contributed by atoms with Crippen molar-refractivity contribution in [2.45, 2.75) is 23.0 Å². The highest BCUT2D eigenvalue weighted by Crippen LogP contribution is 2.19. The third-order valence-corrected chi connectivity index (χ3v) is 3.79. The molecule has 0 aliphatic rings. The summed E-state index contributed by atoms with van der Waals surface area (Å²) < 4.78 is 0. The van der Waals surface area contributed by atoms with Gasteiger partial charge in [0.25, 0.3) is 0 Å². The molecule has 0 fully saturated rings. The van der Waals surface area contributed by atoms with E-state index in [9.17, 15) is 0 Å². The standard InChI is InChI=1S/C8H9ClOS.C7H8OS/c9-6-11-8-3-1-7(5-10)2-4-8;8-5-6-1-3-7(9)4-2-6/h1-4,10H,5-6H2;1-4,8-9H,5H2. The number of thiol groups is 1. The van der Waals surface area contributed by atoms with Crippen LogP contribution < -0.4 is 0 Å². The lowest BCUT2D eigenvalue weighted by Crippen LogP contribution is -1.80. The molecule has 0 aromatic heterocycles. The predicted octanol–water partition coefficient (Wildman–Crippen LogP) is 3.93. The molecule has 5 heteroatoms. The maximum atomic E-state index is 8.73. The molecule has 0 bridgehead atoms. The molecule has 0 unspecified atom stereocenters. The van der Waals surface area contributed by atoms with Gasteiger partial charge in [-0.25, -0.2) is 0 Å². The summed E-state index contributed by atoms with van der Waals surface area (Å²) in [6, 6.07) is 15.1. The molecule has 0 radical (unpaired) electrons. The van der Waals surface area contributed by atoms with Crippen molar-refractivity contribution < 1.29 is 10.2 Å². The Kier molecular flexibility index (Phi) is 8.82. The minimum atomic E-state index is 0.103. The zero-order chi connectivity index (χ0) is 14.8. The quantitative estimate of drug-likeness (QED) is 0.452. The third-order valence-electron chi connectivity index (χ3n) is 2.45. The lowest BCUT2D eigenvalue weighted by molar-refractivity contribution is 0.281. The van der Waals surface area contributed by atoms with E-state index in [1.54, 1.807) is 11.8 Å². The minimum absolute atomic E-state index is 0.103. The predicted molar refractivity (Wildman–Crippen MR) is 88.6 cm³/mol. The van der Waals surface area contributed by atoms with E-state index in [4.69, 9.17) is 21.8 Å². The van der Waals surface area contributed by atoms with Crippen LogP contribution in [-0.2, 0) is 13.2 Å². The largest absolute Gasteiger partial charge is 0.392 e. The van der Waals surface area contributed by atoms with Gasteiger partial charge in [0.15, 0.2) is 0 Å². The average molecular weight is 329 g/mol. The molecule has 0 aliphatic heterocycles. The smallest absolute Gasteiger partial charge is 0.0727 e. The first-order valence-corrected chi connectivity index (χ1v) is 7.93. The number of aliphatic hydroxyl groups is 2. The maximum absolute atomic E-state index is 8.73. The Balaban J connectivity index is 0.000000204. The van der Waals surface area contributed by atoms with Crippen LogP contribution in [0.1, 0.15) is 11.1 Å². The number of aliphatic hydroxyl groups excluding tert-OH is 2. The lowest BCUT2D eigenvalue weighted by Gasteiger charge is -1.98. The molecular weight excluding hydrogens is 312 g/mol. The number of thioether (sulfide) groups is 1. The topological polar surface area (TPSA) is 40.5 Å². The van der Waals surface area contributed by atoms with Crippen molar-refractivity contribution >= 4 is 36.0 Å². The van der Waals surface area contributed by atoms with Gasteiger partial charge in [-0.05, 0) is 35.4 Å². The van der Waals surface area contributed by atoms with Crippen molar-refractivity contribution in [1.82, 2.24) is 0 Å². The molecule has 108 valence electrons. The molecule has 2 nitrogen and oxygen atoms in total. The van der Waals surface area contributed by atoms with E-state index in [2.05, 4.69) is 12.6 Å². The first-order valence-electron chi connectivity index (χ1n) is 5.97. The maximum Gasteiger partial charge on any atom is 0.0727 e. The van der Waals surface area contributed by atoms with Gasteiger partial charge in [-0.15, -0.1) is 36.0 Å². The van der Waals surface area contributed by atoms with Gasteiger partial charge in [-0.3, -0.25) is 0 Å². The van der Waals surface area contributed by atoms with Crippen LogP contribution in [0.3, 0.4) is 0 Å². The number of alkyl halides is 1. The molecule has 2 N–H and O–H groups in total. The summed E-state index contributed by atoms with van der Waals surface area (Å²) in [4.78, 5) is 2.06. The van der Waals surface area contributed by atoms with Crippen molar-refractivity contribution in [2.24, 2.45) is 0 Å². The first kappa shape index (κ1) is 17.4. The number of hydrogen-bond acceptors (Lipinski definition) is 4. The summed E-state index contributed by atoms with van der Waals surface area (Å²) in [6.45, 7) is 0.208. The molecule has 0 saturated carbocycles. The molecule has 0 heterocycles. The van der Waals surface area contributed by atoms with E-state index < -0.39 is 0 Å². The molecule has 20 heavy (non-hydrogen) atoms. The Bertz CT molecular complexity index is 486. The van der Waals surface area contributed by atoms with Gasteiger partial charge >= 0.3 is 0 Å². The van der Waals surface area contributed by atoms with Crippen LogP contribution in [0.2, 0.25) is 0 Å². The van der Waals surface area contributed by atoms with Crippen LogP contribution in [-0.4, -0.2) is 15.4 Å². The SMILES string of the molecule is OCc1ccc(S)cc1.OCc1ccc(SCCl)cc1. The molecule has 0 amide bonds. The highest BCUT2D eigenvalue weighted by Gasteiger charge is 1.92. The van der Waals surface area contributed by atoms with Crippen molar-refractivity contribution in [3.05, 3.63) is 59.7 Å². The van der Waals surface area contributed by atoms with Gasteiger partial charge in [0.05, 0.1) is 18.4 Å². The summed E-state index contributed by atoms with van der Waals surface area (Å²) >= 11 is 11.2. The zero-order valence-electron chi connectivity index (χ0n) is 10.9. The van der Waals surface area contributed by atoms with E-state index in [0.717, 1.165) is 20.9 Å². The number of rotatable bonds is 4. The first-order chi connectivity index (χ1) is 9.69. The molecule has 0 spiro atoms. The Morgan fingerprint density at radius 1 is 0.850 bits per heavy atom. The van der Waals surface area contributed by atoms with Crippen molar-refractivity contribution in [2.75, 3.05) is 5.21 Å². The van der Waals surface area contributed by atoms with Crippen LogP contribution in [0.25, 0.3) is 0 Å². The number of benzene rings is 2. The lowest BCUT2D eigenvalue weighted by atomic mass is 10.2. The van der Waals surface area contributed by atoms with Gasteiger partial charge in [0.2, 0.25) is 0 Å². The Labute approximate surface area is 134 Å². The van der Waals surface area contributed by atoms with Crippen LogP contribution in [0.5, 0.6) is 0 Å². The monoisotopic (exact) mass is 328 g/mol. The highest BCUT2D eigenvalue weighted by atomic mass is 35.5. The van der Waals surface area contributed by atoms with Crippen molar-refractivity contribution in [3.8, 4) is 0 Å². The van der Waals surface area contributed by atoms with E-state index >= 15 is 0 Å². The van der Waals surface area contributed by atoms with E-state index in [1.807, 2.05) is 48.5 Å². The van der Waals surface area contributed by atoms with E-state index in [-0.39, 0.29) is 13.2 Å². The van der Waals surface area contributed by atoms with Crippen LogP contribution in [0.4, 0.5) is 0 Å². The van der Waals surface area contributed by atoms with Crippen molar-refractivity contribution in [3.63, 3.8) is 0 Å². The van der Waals surface area contributed by atoms with Gasteiger partial charge in [-0.1, -0.05) is 24.3 Å². The number of hydrogen-bond donors (Lipinski definition) is 3. The van der Waals surface area contributed by atoms with Gasteiger partial charge < -0.3 is 10.2 Å². The Hall–Kier alpha value is -0.650. The van der Waals surface area contributed by atoms with Crippen LogP contribution in [0, 0.1) is 0 Å². The Morgan fingerprint density at radius 2 is 1.30 bits per heavy atom. The van der Waals surface area contributed by atoms with Gasteiger partial charge in [-0.2, -0.15) is 0 Å². The molecule has 2 aromatic rings. The second kappa shape index (κ2) is 10.1. The average Bonchev–Trinajstić information content (AvgIpc) is 2.50. The van der Waals surface area contributed by atoms with Crippen LogP contribution in [0.15, 0.2) is 58.3 Å². The highest BCUT2D eigenvalue weighted by molar-refractivity contribution is 8.00. The summed E-state index contributed by atoms with van der Waals surface area (Å²) in [7, 11) is 0. The minimum Gasteiger partial charge on any atom is -0.392 e. The molecule has 2 aromatic carbocycles. The van der Waals surface area contributed by atoms with Crippen molar-refractivity contribution in [1.29, 1.82) is 0 Å². The summed E-state index contributed by atoms with van der Waals surface area (Å²) in [6.07, 6.45) is 0. The second-order valence-corrected chi connectivity index (χ2v) is 6.03. The van der Waals surface area contributed by atoms with E-state index in [0.29, 0.717) is 5.21 Å². The summed E-state index contributed by atoms with van der Waals surface area (Å²) in [5.41, 5.74) is 1.86. The zero-order valence-corrected chi connectivity index (χ0v) is 13.3. The second-order valence-electron chi connectivity index (χ2n) is 3.88. The van der Waals surface area contributed by atoms with Gasteiger partial charge in [0, 0.05) is 9.79 Å². The molecular formula is C15H17ClO2S2. The summed E-state index contributed by atoms with van der Waals surface area (Å²) in [5.74, 6) is 0. The fourth-order valence-electron chi connectivity index (χ4n) is 1.36. The number of halogens is 1. The fraction of sp³-hybridized carbons (Fsp3) is 0.200. The van der Waals surface area contributed by atoms with E-state index in [1.165, 1.54) is 0 Å². The third kappa shape index (κ3) is 6.68. The fourth-order valence-corrected chi connectivity index (χ4v) is 2.34. The molecule has 2 rings (SSSR count). The normalized spacial score (nSPS) is 9.80. The summed E-state index contributed by atoms with van der Waals surface area (Å²) in [5, 5.41) is 17.9. The van der Waals surface area contributed by atoms with Crippen LogP contribution >= 0.6 is 36.0 Å². The Morgan fingerprint density at radius 3 is 1.70 bits per heavy atom. The molecule has 0 atom stereocenters. The molecule has 0 aliphatic carbocycles.